The molecule has 0 aromatic rings. The topological polar surface area (TPSA) is 78.9 Å². The van der Waals surface area contributed by atoms with Crippen LogP contribution in [-0.2, 0) is 28.3 Å². The van der Waals surface area contributed by atoms with Crippen LogP contribution in [0.1, 0.15) is 54.9 Å². The molecule has 1 aliphatic carbocycles. The van der Waals surface area contributed by atoms with Gasteiger partial charge >= 0.3 is 11.9 Å². The normalized spacial score (nSPS) is 29.6. The zero-order valence-electron chi connectivity index (χ0n) is 18.6. The molecule has 0 saturated heterocycles. The van der Waals surface area contributed by atoms with Crippen LogP contribution >= 0.6 is 0 Å². The summed E-state index contributed by atoms with van der Waals surface area (Å²) in [6, 6.07) is 0. The highest BCUT2D eigenvalue weighted by molar-refractivity contribution is 6.74. The highest BCUT2D eigenvalue weighted by atomic mass is 28.4. The summed E-state index contributed by atoms with van der Waals surface area (Å²) in [5.74, 6) is -1.19. The second kappa shape index (κ2) is 7.09. The van der Waals surface area contributed by atoms with Crippen molar-refractivity contribution in [3.8, 4) is 0 Å². The quantitative estimate of drug-likeness (QED) is 0.489. The molecule has 0 amide bonds. The molecule has 7 heteroatoms. The SMILES string of the molecule is CC(=O)OC[C@](C)(C(C)=O)[C@]12C[C@@H](O[Si](C)(C)C(C)(C)C)[C@@H](C)C1=CC(=O)O2. The van der Waals surface area contributed by atoms with Crippen molar-refractivity contribution in [3.63, 3.8) is 0 Å². The second-order valence-corrected chi connectivity index (χ2v) is 14.7. The van der Waals surface area contributed by atoms with Gasteiger partial charge in [-0.3, -0.25) is 9.59 Å². The number of hydrogen-bond acceptors (Lipinski definition) is 6. The molecule has 0 aromatic carbocycles. The van der Waals surface area contributed by atoms with Gasteiger partial charge < -0.3 is 13.9 Å². The van der Waals surface area contributed by atoms with Crippen molar-refractivity contribution in [2.24, 2.45) is 11.3 Å². The van der Waals surface area contributed by atoms with Crippen molar-refractivity contribution < 1.29 is 28.3 Å². The number of fused-ring (bicyclic) bond motifs is 1. The number of carbonyl (C=O) groups excluding carboxylic acids is 3. The standard InChI is InChI=1S/C21H34O6Si/c1-13-16-10-18(24)26-21(16,20(7,14(2)22)12-25-15(3)23)11-17(13)27-28(8,9)19(4,5)6/h10,13,17H,11-12H2,1-9H3/t13-,17+,20+,21-/m0/s1. The summed E-state index contributed by atoms with van der Waals surface area (Å²) in [7, 11) is -2.07. The predicted octanol–water partition coefficient (Wildman–Crippen LogP) is 3.80. The summed E-state index contributed by atoms with van der Waals surface area (Å²) in [6.45, 7) is 17.2. The first kappa shape index (κ1) is 22.8. The van der Waals surface area contributed by atoms with Crippen LogP contribution in [-0.4, -0.2) is 44.4 Å². The van der Waals surface area contributed by atoms with E-state index in [1.807, 2.05) is 6.92 Å². The van der Waals surface area contributed by atoms with E-state index in [1.165, 1.54) is 19.9 Å². The first-order valence-electron chi connectivity index (χ1n) is 9.85. The molecule has 2 rings (SSSR count). The third kappa shape index (κ3) is 3.59. The molecule has 1 aliphatic heterocycles. The van der Waals surface area contributed by atoms with E-state index in [4.69, 9.17) is 13.9 Å². The minimum Gasteiger partial charge on any atom is -0.465 e. The van der Waals surface area contributed by atoms with Crippen LogP contribution in [0, 0.1) is 11.3 Å². The molecule has 1 heterocycles. The van der Waals surface area contributed by atoms with Crippen LogP contribution in [0.25, 0.3) is 0 Å². The maximum absolute atomic E-state index is 12.7. The molecule has 2 aliphatic rings. The maximum Gasteiger partial charge on any atom is 0.331 e. The maximum atomic E-state index is 12.7. The summed E-state index contributed by atoms with van der Waals surface area (Å²) in [5, 5.41) is 0.0320. The summed E-state index contributed by atoms with van der Waals surface area (Å²) in [4.78, 5) is 36.4. The fraction of sp³-hybridized carbons (Fsp3) is 0.762. The molecular weight excluding hydrogens is 376 g/mol. The zero-order valence-corrected chi connectivity index (χ0v) is 19.6. The summed E-state index contributed by atoms with van der Waals surface area (Å²) in [6.07, 6.45) is 1.71. The smallest absolute Gasteiger partial charge is 0.331 e. The molecule has 6 nitrogen and oxygen atoms in total. The van der Waals surface area contributed by atoms with Crippen LogP contribution in [0.3, 0.4) is 0 Å². The van der Waals surface area contributed by atoms with Gasteiger partial charge in [-0.1, -0.05) is 27.7 Å². The third-order valence-corrected chi connectivity index (χ3v) is 11.5. The van der Waals surface area contributed by atoms with E-state index in [-0.39, 0.29) is 29.5 Å². The van der Waals surface area contributed by atoms with E-state index in [0.717, 1.165) is 5.57 Å². The lowest BCUT2D eigenvalue weighted by atomic mass is 9.68. The lowest BCUT2D eigenvalue weighted by Crippen LogP contribution is -2.54. The Kier molecular flexibility index (Phi) is 5.78. The Morgan fingerprint density at radius 1 is 1.25 bits per heavy atom. The molecule has 158 valence electrons. The number of hydrogen-bond donors (Lipinski definition) is 0. The Hall–Kier alpha value is -1.47. The van der Waals surface area contributed by atoms with Gasteiger partial charge in [0, 0.05) is 25.3 Å². The Labute approximate surface area is 169 Å². The average molecular weight is 411 g/mol. The number of rotatable bonds is 6. The molecule has 0 bridgehead atoms. The van der Waals surface area contributed by atoms with Gasteiger partial charge in [-0.05, 0) is 37.6 Å². The van der Waals surface area contributed by atoms with Gasteiger partial charge in [-0.25, -0.2) is 4.79 Å². The Morgan fingerprint density at radius 3 is 2.29 bits per heavy atom. The van der Waals surface area contributed by atoms with Crippen LogP contribution in [0.15, 0.2) is 11.6 Å². The monoisotopic (exact) mass is 410 g/mol. The van der Waals surface area contributed by atoms with Crippen LogP contribution in [0.2, 0.25) is 18.1 Å². The van der Waals surface area contributed by atoms with Gasteiger partial charge in [0.25, 0.3) is 0 Å². The molecule has 0 N–H and O–H groups in total. The van der Waals surface area contributed by atoms with E-state index >= 15 is 0 Å². The molecule has 1 fully saturated rings. The van der Waals surface area contributed by atoms with E-state index in [1.54, 1.807) is 6.92 Å². The number of carbonyl (C=O) groups is 3. The van der Waals surface area contributed by atoms with Crippen LogP contribution < -0.4 is 0 Å². The van der Waals surface area contributed by atoms with E-state index in [2.05, 4.69) is 33.9 Å². The summed E-state index contributed by atoms with van der Waals surface area (Å²) in [5.41, 5.74) is -1.54. The molecule has 0 aromatic heterocycles. The Morgan fingerprint density at radius 2 is 1.82 bits per heavy atom. The van der Waals surface area contributed by atoms with E-state index in [0.29, 0.717) is 6.42 Å². The highest BCUT2D eigenvalue weighted by Crippen LogP contribution is 2.57. The summed E-state index contributed by atoms with van der Waals surface area (Å²) < 4.78 is 17.7. The third-order valence-electron chi connectivity index (χ3n) is 7.04. The van der Waals surface area contributed by atoms with Gasteiger partial charge in [0.1, 0.15) is 17.8 Å². The number of esters is 2. The molecule has 0 spiro atoms. The number of ether oxygens (including phenoxy) is 2. The minimum atomic E-state index is -2.07. The lowest BCUT2D eigenvalue weighted by Gasteiger charge is -2.43. The molecular formula is C21H34O6Si. The molecule has 0 radical (unpaired) electrons. The minimum absolute atomic E-state index is 0.0320. The fourth-order valence-corrected chi connectivity index (χ4v) is 5.32. The molecule has 0 unspecified atom stereocenters. The van der Waals surface area contributed by atoms with Crippen molar-refractivity contribution in [3.05, 3.63) is 11.6 Å². The van der Waals surface area contributed by atoms with Crippen molar-refractivity contribution in [2.75, 3.05) is 6.61 Å². The van der Waals surface area contributed by atoms with E-state index in [9.17, 15) is 14.4 Å². The summed E-state index contributed by atoms with van der Waals surface area (Å²) >= 11 is 0. The van der Waals surface area contributed by atoms with Gasteiger partial charge in [-0.15, -0.1) is 0 Å². The van der Waals surface area contributed by atoms with Gasteiger partial charge in [0.05, 0.1) is 6.10 Å². The molecule has 28 heavy (non-hydrogen) atoms. The second-order valence-electron chi connectivity index (χ2n) is 9.93. The largest absolute Gasteiger partial charge is 0.465 e. The average Bonchev–Trinajstić information content (AvgIpc) is 2.98. The van der Waals surface area contributed by atoms with Crippen molar-refractivity contribution in [2.45, 2.75) is 84.7 Å². The first-order chi connectivity index (χ1) is 12.6. The molecule has 1 saturated carbocycles. The van der Waals surface area contributed by atoms with Gasteiger partial charge in [0.2, 0.25) is 0 Å². The highest BCUT2D eigenvalue weighted by Gasteiger charge is 2.66. The number of Topliss-reactive ketones (excluding diaryl/α,β-unsaturated/α-hetero) is 1. The van der Waals surface area contributed by atoms with Crippen molar-refractivity contribution in [1.82, 2.24) is 0 Å². The Balaban J connectivity index is 2.47. The van der Waals surface area contributed by atoms with Gasteiger partial charge in [-0.2, -0.15) is 0 Å². The predicted molar refractivity (Wildman–Crippen MR) is 108 cm³/mol. The van der Waals surface area contributed by atoms with Crippen molar-refractivity contribution in [1.29, 1.82) is 0 Å². The molecule has 4 atom stereocenters. The Bertz CT molecular complexity index is 719. The number of ketones is 1. The van der Waals surface area contributed by atoms with Crippen LogP contribution in [0.5, 0.6) is 0 Å². The lowest BCUT2D eigenvalue weighted by molar-refractivity contribution is -0.172. The first-order valence-corrected chi connectivity index (χ1v) is 12.8. The van der Waals surface area contributed by atoms with Crippen LogP contribution in [0.4, 0.5) is 0 Å². The van der Waals surface area contributed by atoms with Crippen molar-refractivity contribution >= 4 is 26.0 Å². The van der Waals surface area contributed by atoms with Gasteiger partial charge in [0.15, 0.2) is 13.9 Å². The fourth-order valence-electron chi connectivity index (χ4n) is 3.93. The zero-order chi connectivity index (χ0) is 21.7. The van der Waals surface area contributed by atoms with E-state index < -0.39 is 31.3 Å².